The third-order valence-electron chi connectivity index (χ3n) is 2.00. The fourth-order valence-corrected chi connectivity index (χ4v) is 2.60. The van der Waals surface area contributed by atoms with Crippen molar-refractivity contribution >= 4 is 57.6 Å². The fraction of sp³-hybridized carbons (Fsp3) is 0.0909. The normalized spacial score (nSPS) is 10.7. The van der Waals surface area contributed by atoms with Crippen LogP contribution in [-0.2, 0) is 5.75 Å². The molecular weight excluding hydrogens is 409 g/mol. The molecule has 1 aromatic heterocycles. The zero-order valence-corrected chi connectivity index (χ0v) is 13.3. The van der Waals surface area contributed by atoms with Crippen molar-refractivity contribution in [3.8, 4) is 0 Å². The summed E-state index contributed by atoms with van der Waals surface area (Å²) in [6, 6.07) is 6.24. The summed E-state index contributed by atoms with van der Waals surface area (Å²) < 4.78 is 13.4. The number of benzene rings is 1. The van der Waals surface area contributed by atoms with Crippen LogP contribution in [0.15, 0.2) is 29.2 Å². The highest BCUT2D eigenvalue weighted by Crippen LogP contribution is 2.26. The number of hydrogen-bond acceptors (Lipinski definition) is 3. The van der Waals surface area contributed by atoms with E-state index < -0.39 is 0 Å². The topological polar surface area (TPSA) is 25.8 Å². The van der Waals surface area contributed by atoms with E-state index in [4.69, 9.17) is 23.2 Å². The van der Waals surface area contributed by atoms with Gasteiger partial charge in [0.15, 0.2) is 0 Å². The molecule has 0 aliphatic heterocycles. The maximum atomic E-state index is 12.7. The molecule has 0 bridgehead atoms. The van der Waals surface area contributed by atoms with E-state index in [1.807, 2.05) is 22.6 Å². The largest absolute Gasteiger partial charge is 0.219 e. The van der Waals surface area contributed by atoms with Crippen molar-refractivity contribution in [2.45, 2.75) is 10.6 Å². The average Bonchev–Trinajstić information content (AvgIpc) is 2.35. The monoisotopic (exact) mass is 414 g/mol. The number of hydrogen-bond donors (Lipinski definition) is 0. The van der Waals surface area contributed by atoms with E-state index in [0.29, 0.717) is 25.5 Å². The molecule has 0 spiro atoms. The van der Waals surface area contributed by atoms with Crippen molar-refractivity contribution < 1.29 is 4.39 Å². The van der Waals surface area contributed by atoms with Gasteiger partial charge in [0.25, 0.3) is 0 Å². The van der Waals surface area contributed by atoms with Crippen LogP contribution >= 0.6 is 57.6 Å². The Morgan fingerprint density at radius 3 is 2.22 bits per heavy atom. The van der Waals surface area contributed by atoms with Crippen molar-refractivity contribution in [3.63, 3.8) is 0 Å². The molecule has 0 unspecified atom stereocenters. The van der Waals surface area contributed by atoms with Crippen LogP contribution in [-0.4, -0.2) is 9.97 Å². The molecule has 18 heavy (non-hydrogen) atoms. The lowest BCUT2D eigenvalue weighted by molar-refractivity contribution is 0.626. The smallest absolute Gasteiger partial charge is 0.147 e. The number of nitrogens with zero attached hydrogens (tertiary/aromatic N) is 2. The van der Waals surface area contributed by atoms with Gasteiger partial charge in [0, 0.05) is 4.90 Å². The Bertz CT molecular complexity index is 542. The molecule has 0 saturated heterocycles. The van der Waals surface area contributed by atoms with E-state index >= 15 is 0 Å². The molecule has 0 fully saturated rings. The second kappa shape index (κ2) is 6.36. The Hall–Kier alpha value is -0.110. The maximum Gasteiger partial charge on any atom is 0.147 e. The molecule has 0 N–H and O–H groups in total. The summed E-state index contributed by atoms with van der Waals surface area (Å²) in [6.45, 7) is 0. The summed E-state index contributed by atoms with van der Waals surface area (Å²) in [5.41, 5.74) is 0. The molecule has 7 heteroatoms. The van der Waals surface area contributed by atoms with Gasteiger partial charge >= 0.3 is 0 Å². The second-order valence-electron chi connectivity index (χ2n) is 3.28. The SMILES string of the molecule is Fc1ccc(SCc2nc(Cl)c(I)c(Cl)n2)cc1. The first-order valence-corrected chi connectivity index (χ1v) is 7.64. The lowest BCUT2D eigenvalue weighted by Gasteiger charge is -2.04. The molecule has 0 amide bonds. The first-order chi connectivity index (χ1) is 8.56. The predicted octanol–water partition coefficient (Wildman–Crippen LogP) is 4.82. The minimum atomic E-state index is -0.254. The highest BCUT2D eigenvalue weighted by atomic mass is 127. The lowest BCUT2D eigenvalue weighted by Crippen LogP contribution is -1.96. The average molecular weight is 415 g/mol. The first kappa shape index (κ1) is 14.3. The van der Waals surface area contributed by atoms with Crippen LogP contribution in [0.4, 0.5) is 4.39 Å². The Labute approximate surface area is 131 Å². The zero-order chi connectivity index (χ0) is 13.1. The molecule has 0 radical (unpaired) electrons. The third kappa shape index (κ3) is 3.69. The van der Waals surface area contributed by atoms with Crippen molar-refractivity contribution in [2.24, 2.45) is 0 Å². The molecule has 1 aromatic carbocycles. The van der Waals surface area contributed by atoms with Crippen LogP contribution in [0.25, 0.3) is 0 Å². The van der Waals surface area contributed by atoms with Gasteiger partial charge in [-0.2, -0.15) is 0 Å². The minimum Gasteiger partial charge on any atom is -0.219 e. The van der Waals surface area contributed by atoms with Gasteiger partial charge in [-0.05, 0) is 46.9 Å². The molecule has 0 saturated carbocycles. The molecule has 0 aliphatic rings. The second-order valence-corrected chi connectivity index (χ2v) is 6.12. The Kier molecular flexibility index (Phi) is 5.06. The van der Waals surface area contributed by atoms with Crippen LogP contribution < -0.4 is 0 Å². The summed E-state index contributed by atoms with van der Waals surface area (Å²) in [5, 5.41) is 0.704. The van der Waals surface area contributed by atoms with Gasteiger partial charge in [-0.1, -0.05) is 23.2 Å². The molecule has 2 aromatic rings. The zero-order valence-electron chi connectivity index (χ0n) is 8.83. The van der Waals surface area contributed by atoms with Gasteiger partial charge in [0.05, 0.1) is 9.32 Å². The Morgan fingerprint density at radius 1 is 1.11 bits per heavy atom. The van der Waals surface area contributed by atoms with Crippen LogP contribution in [0.2, 0.25) is 10.3 Å². The number of rotatable bonds is 3. The number of halogens is 4. The van der Waals surface area contributed by atoms with Gasteiger partial charge in [0.2, 0.25) is 0 Å². The standard InChI is InChI=1S/C11H6Cl2FIN2S/c12-10-9(15)11(13)17-8(16-10)5-18-7-3-1-6(14)2-4-7/h1-4H,5H2. The predicted molar refractivity (Wildman–Crippen MR) is 80.7 cm³/mol. The van der Waals surface area contributed by atoms with E-state index in [-0.39, 0.29) is 5.82 Å². The van der Waals surface area contributed by atoms with Crippen molar-refractivity contribution in [1.29, 1.82) is 0 Å². The summed E-state index contributed by atoms with van der Waals surface area (Å²) in [6.07, 6.45) is 0. The number of thioether (sulfide) groups is 1. The summed E-state index contributed by atoms with van der Waals surface area (Å²) in [5.74, 6) is 0.831. The Morgan fingerprint density at radius 2 is 1.67 bits per heavy atom. The third-order valence-corrected chi connectivity index (χ3v) is 5.21. The van der Waals surface area contributed by atoms with E-state index in [1.54, 1.807) is 12.1 Å². The lowest BCUT2D eigenvalue weighted by atomic mass is 10.4. The number of aromatic nitrogens is 2. The molecule has 2 nitrogen and oxygen atoms in total. The summed E-state index contributed by atoms with van der Waals surface area (Å²) in [4.78, 5) is 9.20. The van der Waals surface area contributed by atoms with Gasteiger partial charge < -0.3 is 0 Å². The van der Waals surface area contributed by atoms with Crippen LogP contribution in [0.3, 0.4) is 0 Å². The van der Waals surface area contributed by atoms with Crippen molar-refractivity contribution in [2.75, 3.05) is 0 Å². The molecule has 1 heterocycles. The molecule has 0 aliphatic carbocycles. The van der Waals surface area contributed by atoms with Gasteiger partial charge in [-0.3, -0.25) is 0 Å². The molecular formula is C11H6Cl2FIN2S. The maximum absolute atomic E-state index is 12.7. The van der Waals surface area contributed by atoms with E-state index in [9.17, 15) is 4.39 Å². The van der Waals surface area contributed by atoms with Crippen molar-refractivity contribution in [3.05, 3.63) is 49.8 Å². The Balaban J connectivity index is 2.08. The van der Waals surface area contributed by atoms with E-state index in [0.717, 1.165) is 4.90 Å². The quantitative estimate of drug-likeness (QED) is 0.409. The summed E-state index contributed by atoms with van der Waals surface area (Å²) in [7, 11) is 0. The van der Waals surface area contributed by atoms with Gasteiger partial charge in [0.1, 0.15) is 21.9 Å². The van der Waals surface area contributed by atoms with E-state index in [2.05, 4.69) is 9.97 Å². The highest BCUT2D eigenvalue weighted by molar-refractivity contribution is 14.1. The molecule has 0 atom stereocenters. The van der Waals surface area contributed by atoms with Crippen LogP contribution in [0.1, 0.15) is 5.82 Å². The minimum absolute atomic E-state index is 0.254. The molecule has 94 valence electrons. The van der Waals surface area contributed by atoms with Crippen LogP contribution in [0.5, 0.6) is 0 Å². The fourth-order valence-electron chi connectivity index (χ4n) is 1.18. The van der Waals surface area contributed by atoms with E-state index in [1.165, 1.54) is 23.9 Å². The van der Waals surface area contributed by atoms with Gasteiger partial charge in [-0.25, -0.2) is 14.4 Å². The van der Waals surface area contributed by atoms with Gasteiger partial charge in [-0.15, -0.1) is 11.8 Å². The molecule has 2 rings (SSSR count). The summed E-state index contributed by atoms with van der Waals surface area (Å²) >= 11 is 15.3. The van der Waals surface area contributed by atoms with Crippen molar-refractivity contribution in [1.82, 2.24) is 9.97 Å². The van der Waals surface area contributed by atoms with Crippen LogP contribution in [0, 0.1) is 9.39 Å². The first-order valence-electron chi connectivity index (χ1n) is 4.82. The highest BCUT2D eigenvalue weighted by Gasteiger charge is 2.09.